The van der Waals surface area contributed by atoms with E-state index in [4.69, 9.17) is 8.83 Å². The van der Waals surface area contributed by atoms with Gasteiger partial charge in [0.2, 0.25) is 5.89 Å². The van der Waals surface area contributed by atoms with Gasteiger partial charge in [-0.1, -0.05) is 37.3 Å². The van der Waals surface area contributed by atoms with Gasteiger partial charge in [0.1, 0.15) is 22.7 Å². The molecular formula is C32H28N4O7. The van der Waals surface area contributed by atoms with E-state index in [-0.39, 0.29) is 29.1 Å². The van der Waals surface area contributed by atoms with Gasteiger partial charge in [-0.15, -0.1) is 0 Å². The molecule has 1 aliphatic rings. The minimum absolute atomic E-state index is 0.0189. The van der Waals surface area contributed by atoms with Crippen LogP contribution in [0.5, 0.6) is 0 Å². The number of nitrogens with one attached hydrogen (secondary N) is 3. The van der Waals surface area contributed by atoms with Gasteiger partial charge in [0.05, 0.1) is 0 Å². The third-order valence-electron chi connectivity index (χ3n) is 6.52. The van der Waals surface area contributed by atoms with E-state index in [1.165, 1.54) is 18.2 Å². The number of carboxylic acid groups (broad SMARTS) is 1. The van der Waals surface area contributed by atoms with Gasteiger partial charge in [0.15, 0.2) is 5.58 Å². The summed E-state index contributed by atoms with van der Waals surface area (Å²) >= 11 is 0. The molecular weight excluding hydrogens is 552 g/mol. The number of hydrogen-bond acceptors (Lipinski definition) is 8. The number of carbonyl (C=O) groups is 3. The van der Waals surface area contributed by atoms with Crippen LogP contribution in [-0.4, -0.2) is 47.0 Å². The molecule has 0 radical (unpaired) electrons. The van der Waals surface area contributed by atoms with E-state index in [2.05, 4.69) is 27.9 Å². The number of amides is 2. The molecule has 0 aliphatic heterocycles. The average Bonchev–Trinajstić information content (AvgIpc) is 3.40. The van der Waals surface area contributed by atoms with Gasteiger partial charge in [0.25, 0.3) is 11.8 Å². The Labute approximate surface area is 245 Å². The lowest BCUT2D eigenvalue weighted by molar-refractivity contribution is -0.139. The number of anilines is 1. The van der Waals surface area contributed by atoms with Crippen LogP contribution >= 0.6 is 0 Å². The standard InChI is InChI=1S/C32H28N4O7/c1-2-14-33-22-12-10-20-15-23(32(41)43-27(20)17-22)30-36-24-16-21(11-13-26(24)42-30)29(38)35-25(31(39)40)18-34-28(37)19-8-6-4-3-5-7-9-19/h3-13,15-17,25,33H,2,14,18H2,1H3,(H,34,37)(H,35,38)(H,39,40)/b4-3-,5-3?,6-4?,7-5-,8-6-,9-7?,19-8?,19-9+. The van der Waals surface area contributed by atoms with E-state index in [0.717, 1.165) is 18.7 Å². The number of aromatic nitrogens is 1. The van der Waals surface area contributed by atoms with Crippen molar-refractivity contribution in [2.45, 2.75) is 19.4 Å². The van der Waals surface area contributed by atoms with Crippen LogP contribution in [0, 0.1) is 0 Å². The minimum atomic E-state index is -1.39. The lowest BCUT2D eigenvalue weighted by atomic mass is 10.1. The molecule has 11 heteroatoms. The molecule has 2 amide bonds. The number of nitrogens with zero attached hydrogens (tertiary/aromatic N) is 1. The van der Waals surface area contributed by atoms with Crippen molar-refractivity contribution in [2.24, 2.45) is 0 Å². The van der Waals surface area contributed by atoms with Crippen molar-refractivity contribution in [3.8, 4) is 11.5 Å². The van der Waals surface area contributed by atoms with Gasteiger partial charge in [-0.05, 0) is 55.0 Å². The Bertz CT molecular complexity index is 1890. The maximum atomic E-state index is 12.9. The molecule has 43 heavy (non-hydrogen) atoms. The highest BCUT2D eigenvalue weighted by molar-refractivity contribution is 6.00. The Hall–Kier alpha value is -5.71. The number of benzene rings is 2. The second-order valence-electron chi connectivity index (χ2n) is 9.65. The number of carboxylic acids is 1. The molecule has 4 N–H and O–H groups in total. The summed E-state index contributed by atoms with van der Waals surface area (Å²) in [4.78, 5) is 54.5. The van der Waals surface area contributed by atoms with Gasteiger partial charge >= 0.3 is 11.6 Å². The van der Waals surface area contributed by atoms with Crippen LogP contribution in [0.1, 0.15) is 23.7 Å². The molecule has 0 bridgehead atoms. The summed E-state index contributed by atoms with van der Waals surface area (Å²) in [6.07, 6.45) is 12.8. The average molecular weight is 581 g/mol. The molecule has 2 aromatic heterocycles. The molecule has 1 unspecified atom stereocenters. The maximum absolute atomic E-state index is 12.9. The quantitative estimate of drug-likeness (QED) is 0.200. The van der Waals surface area contributed by atoms with Crippen LogP contribution in [0.2, 0.25) is 0 Å². The first-order valence-electron chi connectivity index (χ1n) is 13.6. The third kappa shape index (κ3) is 6.79. The normalized spacial score (nSPS) is 16.7. The van der Waals surface area contributed by atoms with E-state index >= 15 is 0 Å². The molecule has 0 saturated heterocycles. The molecule has 5 rings (SSSR count). The Morgan fingerprint density at radius 1 is 0.930 bits per heavy atom. The Kier molecular flexibility index (Phi) is 8.61. The zero-order chi connectivity index (χ0) is 30.3. The van der Waals surface area contributed by atoms with Crippen LogP contribution in [0.25, 0.3) is 33.5 Å². The Morgan fingerprint density at radius 3 is 2.56 bits per heavy atom. The summed E-state index contributed by atoms with van der Waals surface area (Å²) in [5.74, 6) is -2.48. The van der Waals surface area contributed by atoms with Crippen molar-refractivity contribution in [3.05, 3.63) is 107 Å². The third-order valence-corrected chi connectivity index (χ3v) is 6.52. The fraction of sp³-hybridized carbons (Fsp3) is 0.156. The van der Waals surface area contributed by atoms with E-state index < -0.39 is 29.5 Å². The van der Waals surface area contributed by atoms with Crippen molar-refractivity contribution in [1.29, 1.82) is 0 Å². The molecule has 2 heterocycles. The highest BCUT2D eigenvalue weighted by Gasteiger charge is 2.23. The smallest absolute Gasteiger partial charge is 0.349 e. The molecule has 11 nitrogen and oxygen atoms in total. The van der Waals surface area contributed by atoms with E-state index in [0.29, 0.717) is 22.1 Å². The largest absolute Gasteiger partial charge is 0.480 e. The number of allylic oxidation sites excluding steroid dienone is 6. The van der Waals surface area contributed by atoms with Gasteiger partial charge in [-0.25, -0.2) is 14.6 Å². The first-order valence-corrected chi connectivity index (χ1v) is 13.6. The van der Waals surface area contributed by atoms with Crippen LogP contribution < -0.4 is 21.6 Å². The van der Waals surface area contributed by atoms with Crippen molar-refractivity contribution < 1.29 is 28.3 Å². The van der Waals surface area contributed by atoms with E-state index in [9.17, 15) is 24.3 Å². The van der Waals surface area contributed by atoms with Crippen molar-refractivity contribution in [2.75, 3.05) is 18.4 Å². The van der Waals surface area contributed by atoms with Crippen LogP contribution in [0.4, 0.5) is 5.69 Å². The predicted molar refractivity (Wildman–Crippen MR) is 162 cm³/mol. The van der Waals surface area contributed by atoms with Gasteiger partial charge in [0, 0.05) is 41.4 Å². The number of aliphatic carboxylic acids is 1. The number of oxazole rings is 1. The summed E-state index contributed by atoms with van der Waals surface area (Å²) in [7, 11) is 0. The summed E-state index contributed by atoms with van der Waals surface area (Å²) in [5.41, 5.74) is 1.79. The van der Waals surface area contributed by atoms with Crippen LogP contribution in [0.15, 0.2) is 104 Å². The maximum Gasteiger partial charge on any atom is 0.349 e. The topological polar surface area (TPSA) is 164 Å². The molecule has 0 saturated carbocycles. The number of carbonyl (C=O) groups excluding carboxylic acids is 2. The molecule has 2 aromatic carbocycles. The first kappa shape index (κ1) is 28.8. The van der Waals surface area contributed by atoms with Gasteiger partial charge < -0.3 is 29.9 Å². The lowest BCUT2D eigenvalue weighted by Crippen LogP contribution is -2.48. The van der Waals surface area contributed by atoms with Gasteiger partial charge in [-0.3, -0.25) is 9.59 Å². The highest BCUT2D eigenvalue weighted by atomic mass is 16.4. The molecule has 1 aliphatic carbocycles. The second-order valence-corrected chi connectivity index (χ2v) is 9.65. The Morgan fingerprint density at radius 2 is 1.74 bits per heavy atom. The molecule has 4 aromatic rings. The SMILES string of the molecule is CCCNc1ccc2cc(-c3nc4cc(C(=O)NC(CNC(=O)C5=C/C=C\C=C/C=C\5)C(=O)O)ccc4o3)c(=O)oc2c1. The summed E-state index contributed by atoms with van der Waals surface area (Å²) in [6, 6.07) is 10.1. The predicted octanol–water partition coefficient (Wildman–Crippen LogP) is 4.33. The fourth-order valence-electron chi connectivity index (χ4n) is 4.28. The van der Waals surface area contributed by atoms with Crippen molar-refractivity contribution in [3.63, 3.8) is 0 Å². The number of fused-ring (bicyclic) bond motifs is 2. The first-order chi connectivity index (χ1) is 20.8. The fourth-order valence-corrected chi connectivity index (χ4v) is 4.28. The number of rotatable bonds is 10. The summed E-state index contributed by atoms with van der Waals surface area (Å²) in [6.45, 7) is 2.50. The summed E-state index contributed by atoms with van der Waals surface area (Å²) < 4.78 is 11.3. The molecule has 0 fully saturated rings. The second kappa shape index (κ2) is 12.9. The number of hydrogen-bond donors (Lipinski definition) is 4. The lowest BCUT2D eigenvalue weighted by Gasteiger charge is -2.15. The zero-order valence-electron chi connectivity index (χ0n) is 23.1. The zero-order valence-corrected chi connectivity index (χ0v) is 23.1. The van der Waals surface area contributed by atoms with E-state index in [1.807, 2.05) is 12.1 Å². The minimum Gasteiger partial charge on any atom is -0.480 e. The van der Waals surface area contributed by atoms with Gasteiger partial charge in [-0.2, -0.15) is 0 Å². The molecule has 0 spiro atoms. The molecule has 218 valence electrons. The Balaban J connectivity index is 1.31. The monoisotopic (exact) mass is 580 g/mol. The van der Waals surface area contributed by atoms with Crippen molar-refractivity contribution in [1.82, 2.24) is 15.6 Å². The van der Waals surface area contributed by atoms with Crippen LogP contribution in [0.3, 0.4) is 0 Å². The highest BCUT2D eigenvalue weighted by Crippen LogP contribution is 2.26. The molecule has 1 atom stereocenters. The van der Waals surface area contributed by atoms with E-state index in [1.54, 1.807) is 54.7 Å². The summed E-state index contributed by atoms with van der Waals surface area (Å²) in [5, 5.41) is 18.5. The van der Waals surface area contributed by atoms with Crippen molar-refractivity contribution >= 4 is 45.5 Å². The van der Waals surface area contributed by atoms with Crippen LogP contribution in [-0.2, 0) is 9.59 Å².